The first-order valence-electron chi connectivity index (χ1n) is 13.8. The average molecular weight is 579 g/mol. The van der Waals surface area contributed by atoms with Gasteiger partial charge in [-0.2, -0.15) is 13.2 Å². The Morgan fingerprint density at radius 1 is 1.17 bits per heavy atom. The van der Waals surface area contributed by atoms with Crippen molar-refractivity contribution in [3.63, 3.8) is 0 Å². The maximum absolute atomic E-state index is 13.6. The molecule has 226 valence electrons. The number of hydrogen-bond donors (Lipinski definition) is 2. The first kappa shape index (κ1) is 32.4. The maximum atomic E-state index is 13.6. The summed E-state index contributed by atoms with van der Waals surface area (Å²) in [5.41, 5.74) is 0.816. The summed E-state index contributed by atoms with van der Waals surface area (Å²) < 4.78 is 45.2. The Morgan fingerprint density at radius 2 is 1.85 bits per heavy atom. The van der Waals surface area contributed by atoms with Crippen molar-refractivity contribution in [3.8, 4) is 5.75 Å². The molecule has 2 amide bonds. The predicted molar refractivity (Wildman–Crippen MR) is 152 cm³/mol. The van der Waals surface area contributed by atoms with Crippen LogP contribution < -0.4 is 10.1 Å². The fourth-order valence-electron chi connectivity index (χ4n) is 4.78. The van der Waals surface area contributed by atoms with Gasteiger partial charge in [0.1, 0.15) is 11.9 Å². The molecule has 0 spiro atoms. The number of amides is 2. The number of hydrogen-bond acceptors (Lipinski definition) is 6. The number of nitrogens with one attached hydrogen (secondary N) is 1. The number of aliphatic hydroxyl groups is 1. The van der Waals surface area contributed by atoms with Gasteiger partial charge in [-0.05, 0) is 76.9 Å². The number of nitrogens with zero attached hydrogens (tertiary/aromatic N) is 3. The van der Waals surface area contributed by atoms with Gasteiger partial charge in [-0.25, -0.2) is 0 Å². The highest BCUT2D eigenvalue weighted by Gasteiger charge is 2.34. The molecule has 0 aromatic heterocycles. The predicted octanol–water partition coefficient (Wildman–Crippen LogP) is 4.34. The van der Waals surface area contributed by atoms with Crippen LogP contribution in [0.1, 0.15) is 48.2 Å². The lowest BCUT2D eigenvalue weighted by Crippen LogP contribution is -2.49. The number of carbonyl (C=O) groups is 2. The second-order valence-electron chi connectivity index (χ2n) is 11.2. The lowest BCUT2D eigenvalue weighted by molar-refractivity contribution is -0.137. The van der Waals surface area contributed by atoms with Crippen molar-refractivity contribution in [2.24, 2.45) is 5.92 Å². The van der Waals surface area contributed by atoms with Gasteiger partial charge in [-0.1, -0.05) is 19.1 Å². The summed E-state index contributed by atoms with van der Waals surface area (Å²) >= 11 is 0. The van der Waals surface area contributed by atoms with Gasteiger partial charge >= 0.3 is 6.18 Å². The minimum Gasteiger partial charge on any atom is -0.488 e. The number of halogens is 3. The number of fused-ring (bicyclic) bond motifs is 1. The van der Waals surface area contributed by atoms with E-state index in [9.17, 15) is 27.9 Å². The lowest BCUT2D eigenvalue weighted by atomic mass is 9.99. The molecule has 0 bridgehead atoms. The van der Waals surface area contributed by atoms with Crippen LogP contribution >= 0.6 is 0 Å². The van der Waals surface area contributed by atoms with Crippen LogP contribution in [0.15, 0.2) is 42.5 Å². The van der Waals surface area contributed by atoms with Crippen LogP contribution in [-0.2, 0) is 17.5 Å². The first-order valence-corrected chi connectivity index (χ1v) is 13.8. The summed E-state index contributed by atoms with van der Waals surface area (Å²) in [6.45, 7) is 5.50. The Kier molecular flexibility index (Phi) is 11.2. The van der Waals surface area contributed by atoms with E-state index < -0.39 is 17.8 Å². The molecule has 41 heavy (non-hydrogen) atoms. The normalized spacial score (nSPS) is 18.5. The van der Waals surface area contributed by atoms with Crippen molar-refractivity contribution in [1.29, 1.82) is 0 Å². The molecule has 1 heterocycles. The zero-order valence-electron chi connectivity index (χ0n) is 24.4. The smallest absolute Gasteiger partial charge is 0.416 e. The van der Waals surface area contributed by atoms with Gasteiger partial charge in [0.2, 0.25) is 5.91 Å². The number of aliphatic hydroxyl groups excluding tert-OH is 1. The molecule has 2 aromatic carbocycles. The zero-order chi connectivity index (χ0) is 30.3. The van der Waals surface area contributed by atoms with Crippen LogP contribution in [0.2, 0.25) is 0 Å². The monoisotopic (exact) mass is 578 g/mol. The largest absolute Gasteiger partial charge is 0.488 e. The standard InChI is InChI=1S/C30H41F3N4O4/c1-20-16-37(21(2)19-38)29(40)25-15-24(34-28(39)7-6-14-35(3)4)12-13-26(25)41-27(20)18-36(5)17-22-8-10-23(11-9-22)30(31,32)33/h8-13,15,20-21,27,38H,6-7,14,16-19H2,1-5H3,(H,34,39)/t20-,21-,27+/m1/s1. The van der Waals surface area contributed by atoms with Crippen molar-refractivity contribution in [1.82, 2.24) is 14.7 Å². The van der Waals surface area contributed by atoms with Crippen LogP contribution in [0, 0.1) is 5.92 Å². The number of likely N-dealkylation sites (N-methyl/N-ethyl adjacent to an activating group) is 1. The second kappa shape index (κ2) is 14.2. The minimum atomic E-state index is -4.39. The first-order chi connectivity index (χ1) is 19.3. The molecule has 0 saturated heterocycles. The molecule has 0 aliphatic carbocycles. The van der Waals surface area contributed by atoms with Crippen LogP contribution in [-0.4, -0.2) is 91.2 Å². The number of anilines is 1. The van der Waals surface area contributed by atoms with Gasteiger partial charge in [0.25, 0.3) is 5.91 Å². The molecule has 1 aliphatic heterocycles. The summed E-state index contributed by atoms with van der Waals surface area (Å²) in [6.07, 6.45) is -3.70. The van der Waals surface area contributed by atoms with E-state index in [2.05, 4.69) is 5.32 Å². The van der Waals surface area contributed by atoms with E-state index in [-0.39, 0.29) is 30.4 Å². The molecule has 0 radical (unpaired) electrons. The minimum absolute atomic E-state index is 0.118. The maximum Gasteiger partial charge on any atom is 0.416 e. The molecule has 2 aromatic rings. The third kappa shape index (κ3) is 9.17. The van der Waals surface area contributed by atoms with Crippen LogP contribution in [0.4, 0.5) is 18.9 Å². The summed E-state index contributed by atoms with van der Waals surface area (Å²) in [7, 11) is 5.75. The van der Waals surface area contributed by atoms with Crippen molar-refractivity contribution in [3.05, 3.63) is 59.2 Å². The van der Waals surface area contributed by atoms with Gasteiger partial charge < -0.3 is 25.0 Å². The summed E-state index contributed by atoms with van der Waals surface area (Å²) in [4.78, 5) is 31.7. The molecule has 2 N–H and O–H groups in total. The van der Waals surface area contributed by atoms with Crippen molar-refractivity contribution < 1.29 is 32.6 Å². The van der Waals surface area contributed by atoms with Gasteiger partial charge in [0, 0.05) is 37.7 Å². The van der Waals surface area contributed by atoms with Crippen molar-refractivity contribution in [2.75, 3.05) is 52.7 Å². The molecule has 8 nitrogen and oxygen atoms in total. The fourth-order valence-corrected chi connectivity index (χ4v) is 4.78. The van der Waals surface area contributed by atoms with E-state index in [1.807, 2.05) is 37.9 Å². The third-order valence-corrected chi connectivity index (χ3v) is 7.18. The Labute approximate surface area is 240 Å². The van der Waals surface area contributed by atoms with E-state index in [0.29, 0.717) is 49.5 Å². The molecule has 3 atom stereocenters. The second-order valence-corrected chi connectivity index (χ2v) is 11.2. The van der Waals surface area contributed by atoms with Crippen LogP contribution in [0.5, 0.6) is 5.75 Å². The van der Waals surface area contributed by atoms with Gasteiger partial charge in [-0.15, -0.1) is 0 Å². The van der Waals surface area contributed by atoms with Gasteiger partial charge in [-0.3, -0.25) is 14.5 Å². The molecule has 0 unspecified atom stereocenters. The summed E-state index contributed by atoms with van der Waals surface area (Å²) in [5.74, 6) is -0.195. The molecule has 3 rings (SSSR count). The SMILES string of the molecule is C[C@@H]1CN([C@H](C)CO)C(=O)c2cc(NC(=O)CCCN(C)C)ccc2O[C@H]1CN(C)Cc1ccc(C(F)(F)F)cc1. The Morgan fingerprint density at radius 3 is 2.46 bits per heavy atom. The molecular weight excluding hydrogens is 537 g/mol. The number of rotatable bonds is 11. The van der Waals surface area contributed by atoms with Gasteiger partial charge in [0.05, 0.1) is 23.8 Å². The highest BCUT2D eigenvalue weighted by Crippen LogP contribution is 2.32. The molecular formula is C30H41F3N4O4. The number of ether oxygens (including phenoxy) is 1. The fraction of sp³-hybridized carbons (Fsp3) is 0.533. The van der Waals surface area contributed by atoms with E-state index >= 15 is 0 Å². The summed E-state index contributed by atoms with van der Waals surface area (Å²) in [5, 5.41) is 12.7. The van der Waals surface area contributed by atoms with Crippen LogP contribution in [0.25, 0.3) is 0 Å². The zero-order valence-corrected chi connectivity index (χ0v) is 24.4. The van der Waals surface area contributed by atoms with E-state index in [4.69, 9.17) is 4.74 Å². The lowest BCUT2D eigenvalue weighted by Gasteiger charge is -2.38. The van der Waals surface area contributed by atoms with Crippen molar-refractivity contribution in [2.45, 2.75) is 51.6 Å². The number of alkyl halides is 3. The molecule has 1 aliphatic rings. The molecule has 0 fully saturated rings. The molecule has 0 saturated carbocycles. The number of benzene rings is 2. The number of carbonyl (C=O) groups excluding carboxylic acids is 2. The average Bonchev–Trinajstić information content (AvgIpc) is 2.90. The highest BCUT2D eigenvalue weighted by atomic mass is 19.4. The van der Waals surface area contributed by atoms with E-state index in [0.717, 1.165) is 24.2 Å². The van der Waals surface area contributed by atoms with E-state index in [1.165, 1.54) is 12.1 Å². The van der Waals surface area contributed by atoms with E-state index in [1.54, 1.807) is 30.0 Å². The highest BCUT2D eigenvalue weighted by molar-refractivity contribution is 5.99. The topological polar surface area (TPSA) is 85.3 Å². The van der Waals surface area contributed by atoms with Gasteiger partial charge in [0.15, 0.2) is 0 Å². The Balaban J connectivity index is 1.80. The molecule has 11 heteroatoms. The van der Waals surface area contributed by atoms with Crippen molar-refractivity contribution >= 4 is 17.5 Å². The quantitative estimate of drug-likeness (QED) is 0.413. The Bertz CT molecular complexity index is 1170. The van der Waals surface area contributed by atoms with Crippen LogP contribution in [0.3, 0.4) is 0 Å². The summed E-state index contributed by atoms with van der Waals surface area (Å²) in [6, 6.07) is 9.63. The third-order valence-electron chi connectivity index (χ3n) is 7.18. The Hall–Kier alpha value is -3.15.